The minimum absolute atomic E-state index is 0. The van der Waals surface area contributed by atoms with Crippen molar-refractivity contribution in [2.75, 3.05) is 0 Å². The average molecular weight is 241 g/mol. The van der Waals surface area contributed by atoms with Crippen LogP contribution in [0.1, 0.15) is 19.8 Å². The minimum atomic E-state index is -0.907. The van der Waals surface area contributed by atoms with Crippen LogP contribution in [-0.2, 0) is 39.8 Å². The van der Waals surface area contributed by atoms with E-state index in [0.717, 1.165) is 6.42 Å². The molecule has 0 saturated carbocycles. The Morgan fingerprint density at radius 2 is 2.22 bits per heavy atom. The summed E-state index contributed by atoms with van der Waals surface area (Å²) in [6.45, 7) is 1.89. The molecule has 1 unspecified atom stereocenters. The van der Waals surface area contributed by atoms with Crippen LogP contribution in [0.5, 0.6) is 0 Å². The average Bonchev–Trinajstić information content (AvgIpc) is 1.67. The molecular formula is C5H9AgO2S. The third-order valence-electron chi connectivity index (χ3n) is 0.834. The van der Waals surface area contributed by atoms with Gasteiger partial charge in [-0.3, -0.25) is 0 Å². The molecule has 0 aromatic heterocycles. The molecule has 0 amide bonds. The number of aliphatic hydroxyl groups excluding tert-OH is 1. The Kier molecular flexibility index (Phi) is 9.15. The number of carbonyl (C=O) groups is 1. The van der Waals surface area contributed by atoms with Crippen molar-refractivity contribution in [1.82, 2.24) is 0 Å². The van der Waals surface area contributed by atoms with E-state index in [1.165, 1.54) is 0 Å². The molecule has 0 heterocycles. The van der Waals surface area contributed by atoms with Gasteiger partial charge in [0, 0.05) is 5.12 Å². The molecule has 1 atom stereocenters. The third-order valence-corrected chi connectivity index (χ3v) is 1.11. The molecule has 58 valence electrons. The van der Waals surface area contributed by atoms with Gasteiger partial charge in [0.15, 0.2) is 0 Å². The summed E-state index contributed by atoms with van der Waals surface area (Å²) in [4.78, 5) is 10.1. The number of rotatable bonds is 3. The summed E-state index contributed by atoms with van der Waals surface area (Å²) >= 11 is 4.18. The molecule has 2 nitrogen and oxygen atoms in total. The van der Waals surface area contributed by atoms with Crippen LogP contribution < -0.4 is 0 Å². The Bertz CT molecular complexity index is 87.0. The Morgan fingerprint density at radius 3 is 2.33 bits per heavy atom. The topological polar surface area (TPSA) is 37.3 Å². The molecular weight excluding hydrogens is 232 g/mol. The molecule has 0 radical (unpaired) electrons. The molecule has 0 spiro atoms. The summed E-state index contributed by atoms with van der Waals surface area (Å²) in [7, 11) is 0. The van der Waals surface area contributed by atoms with E-state index in [1.807, 2.05) is 6.92 Å². The summed E-state index contributed by atoms with van der Waals surface area (Å²) in [5.74, 6) is 0. The van der Waals surface area contributed by atoms with Crippen LogP contribution in [0.25, 0.3) is 0 Å². The zero-order valence-corrected chi connectivity index (χ0v) is 7.36. The zero-order valence-electron chi connectivity index (χ0n) is 5.06. The predicted octanol–water partition coefficient (Wildman–Crippen LogP) is 0.218. The standard InChI is InChI=1S/C5H10O2S.Ag/c1-2-3-4(6)5(7)8;/h4,6H,2-3H2,1H3,(H,7,8);/q;+1/p-1. The van der Waals surface area contributed by atoms with Gasteiger partial charge in [-0.15, -0.1) is 0 Å². The van der Waals surface area contributed by atoms with Crippen molar-refractivity contribution in [3.63, 3.8) is 0 Å². The second kappa shape index (κ2) is 6.71. The van der Waals surface area contributed by atoms with Crippen LogP contribution in [0.4, 0.5) is 0 Å². The molecule has 0 aliphatic heterocycles. The molecule has 4 heteroatoms. The van der Waals surface area contributed by atoms with Gasteiger partial charge in [0.2, 0.25) is 0 Å². The van der Waals surface area contributed by atoms with E-state index >= 15 is 0 Å². The van der Waals surface area contributed by atoms with Gasteiger partial charge >= 0.3 is 22.4 Å². The maximum Gasteiger partial charge on any atom is 1.00 e. The van der Waals surface area contributed by atoms with Gasteiger partial charge in [0.1, 0.15) is 0 Å². The van der Waals surface area contributed by atoms with Gasteiger partial charge in [0.05, 0.1) is 6.10 Å². The molecule has 0 aromatic carbocycles. The van der Waals surface area contributed by atoms with E-state index in [4.69, 9.17) is 5.11 Å². The SMILES string of the molecule is CCCC(O)C(=O)[S-].[Ag+]. The molecule has 0 aliphatic rings. The second-order valence-electron chi connectivity index (χ2n) is 1.62. The van der Waals surface area contributed by atoms with Gasteiger partial charge in [0.25, 0.3) is 0 Å². The third kappa shape index (κ3) is 6.48. The first kappa shape index (κ1) is 12.3. The van der Waals surface area contributed by atoms with Crippen molar-refractivity contribution < 1.29 is 32.3 Å². The molecule has 0 aromatic rings. The van der Waals surface area contributed by atoms with E-state index in [9.17, 15) is 4.79 Å². The maximum atomic E-state index is 10.1. The fourth-order valence-corrected chi connectivity index (χ4v) is 0.509. The van der Waals surface area contributed by atoms with E-state index in [1.54, 1.807) is 0 Å². The van der Waals surface area contributed by atoms with E-state index in [2.05, 4.69) is 12.6 Å². The molecule has 0 aliphatic carbocycles. The zero-order chi connectivity index (χ0) is 6.57. The Balaban J connectivity index is 0. The van der Waals surface area contributed by atoms with E-state index < -0.39 is 11.2 Å². The number of hydrogen-bond donors (Lipinski definition) is 1. The molecule has 0 fully saturated rings. The van der Waals surface area contributed by atoms with Crippen molar-refractivity contribution in [1.29, 1.82) is 0 Å². The summed E-state index contributed by atoms with van der Waals surface area (Å²) < 4.78 is 0. The molecule has 9 heavy (non-hydrogen) atoms. The summed E-state index contributed by atoms with van der Waals surface area (Å²) in [6, 6.07) is 0. The fraction of sp³-hybridized carbons (Fsp3) is 0.800. The first-order chi connectivity index (χ1) is 3.68. The Hall–Kier alpha value is 0.590. The van der Waals surface area contributed by atoms with Crippen LogP contribution in [0.3, 0.4) is 0 Å². The Morgan fingerprint density at radius 1 is 1.78 bits per heavy atom. The van der Waals surface area contributed by atoms with Gasteiger partial charge in [-0.05, 0) is 6.42 Å². The minimum Gasteiger partial charge on any atom is -0.739 e. The molecule has 1 N–H and O–H groups in total. The second-order valence-corrected chi connectivity index (χ2v) is 2.03. The van der Waals surface area contributed by atoms with Crippen molar-refractivity contribution in [2.45, 2.75) is 25.9 Å². The van der Waals surface area contributed by atoms with E-state index in [-0.39, 0.29) is 22.4 Å². The van der Waals surface area contributed by atoms with E-state index in [0.29, 0.717) is 6.42 Å². The van der Waals surface area contributed by atoms with Crippen molar-refractivity contribution in [3.05, 3.63) is 0 Å². The van der Waals surface area contributed by atoms with Crippen LogP contribution >= 0.6 is 0 Å². The summed E-state index contributed by atoms with van der Waals surface area (Å²) in [6.07, 6.45) is 0.376. The molecule has 0 saturated heterocycles. The maximum absolute atomic E-state index is 10.1. The first-order valence-electron chi connectivity index (χ1n) is 2.57. The van der Waals surface area contributed by atoms with Gasteiger partial charge in [-0.2, -0.15) is 0 Å². The van der Waals surface area contributed by atoms with Crippen molar-refractivity contribution >= 4 is 17.7 Å². The number of hydrogen-bond acceptors (Lipinski definition) is 3. The monoisotopic (exact) mass is 240 g/mol. The quantitative estimate of drug-likeness (QED) is 0.567. The van der Waals surface area contributed by atoms with Gasteiger partial charge < -0.3 is 22.5 Å². The predicted molar refractivity (Wildman–Crippen MR) is 33.3 cm³/mol. The Labute approximate surface area is 75.9 Å². The van der Waals surface area contributed by atoms with Crippen molar-refractivity contribution in [3.8, 4) is 0 Å². The molecule has 0 rings (SSSR count). The smallest absolute Gasteiger partial charge is 0.739 e. The normalized spacial score (nSPS) is 11.8. The largest absolute Gasteiger partial charge is 1.00 e. The van der Waals surface area contributed by atoms with Crippen molar-refractivity contribution in [2.24, 2.45) is 0 Å². The number of aliphatic hydroxyl groups is 1. The molecule has 0 bridgehead atoms. The first-order valence-corrected chi connectivity index (χ1v) is 2.98. The summed E-state index contributed by atoms with van der Waals surface area (Å²) in [5, 5.41) is 8.12. The fourth-order valence-electron chi connectivity index (χ4n) is 0.391. The van der Waals surface area contributed by atoms with Crippen LogP contribution in [0.15, 0.2) is 0 Å². The van der Waals surface area contributed by atoms with Crippen LogP contribution in [-0.4, -0.2) is 16.3 Å². The number of carbonyl (C=O) groups excluding carboxylic acids is 1. The van der Waals surface area contributed by atoms with Gasteiger partial charge in [-0.25, -0.2) is 0 Å². The van der Waals surface area contributed by atoms with Crippen LogP contribution in [0.2, 0.25) is 0 Å². The van der Waals surface area contributed by atoms with Gasteiger partial charge in [-0.1, -0.05) is 13.3 Å². The summed E-state index contributed by atoms with van der Waals surface area (Å²) in [5.41, 5.74) is 0. The van der Waals surface area contributed by atoms with Crippen LogP contribution in [0, 0.1) is 0 Å².